The molecule has 2 nitrogen and oxygen atoms in total. The van der Waals surface area contributed by atoms with Gasteiger partial charge in [-0.2, -0.15) is 0 Å². The van der Waals surface area contributed by atoms with E-state index in [1.165, 1.54) is 36.5 Å². The fraction of sp³-hybridized carbons (Fsp3) is 0.889. The molecule has 2 aliphatic rings. The topological polar surface area (TPSA) is 38.4 Å². The number of aliphatic imine (C=N–C) groups is 1. The average Bonchev–Trinajstić information content (AvgIpc) is 2.58. The minimum absolute atomic E-state index is 0.466. The Morgan fingerprint density at radius 1 is 1.25 bits per heavy atom. The summed E-state index contributed by atoms with van der Waals surface area (Å²) in [5.41, 5.74) is 5.85. The van der Waals surface area contributed by atoms with Gasteiger partial charge in [0.25, 0.3) is 0 Å². The highest BCUT2D eigenvalue weighted by Crippen LogP contribution is 2.30. The van der Waals surface area contributed by atoms with Gasteiger partial charge in [-0.3, -0.25) is 4.99 Å². The molecule has 2 rings (SSSR count). The lowest BCUT2D eigenvalue weighted by Crippen LogP contribution is -2.28. The van der Waals surface area contributed by atoms with Gasteiger partial charge in [0.05, 0.1) is 5.04 Å². The number of thioether (sulfide) groups is 1. The van der Waals surface area contributed by atoms with Crippen molar-refractivity contribution in [2.75, 3.05) is 12.3 Å². The predicted octanol–water partition coefficient (Wildman–Crippen LogP) is 1.65. The van der Waals surface area contributed by atoms with Gasteiger partial charge in [-0.25, -0.2) is 0 Å². The van der Waals surface area contributed by atoms with Crippen molar-refractivity contribution >= 4 is 16.8 Å². The molecule has 1 fully saturated rings. The Kier molecular flexibility index (Phi) is 2.71. The van der Waals surface area contributed by atoms with E-state index in [0.29, 0.717) is 6.04 Å². The van der Waals surface area contributed by atoms with Crippen molar-refractivity contribution in [2.24, 2.45) is 16.6 Å². The molecule has 0 aromatic heterocycles. The van der Waals surface area contributed by atoms with Crippen LogP contribution in [0.2, 0.25) is 0 Å². The van der Waals surface area contributed by atoms with Crippen molar-refractivity contribution in [3.8, 4) is 0 Å². The molecule has 0 amide bonds. The minimum atomic E-state index is 0.466. The first-order chi connectivity index (χ1) is 5.86. The van der Waals surface area contributed by atoms with Crippen LogP contribution in [-0.2, 0) is 0 Å². The van der Waals surface area contributed by atoms with Crippen LogP contribution < -0.4 is 5.73 Å². The molecule has 0 aromatic rings. The van der Waals surface area contributed by atoms with Crippen LogP contribution in [0.5, 0.6) is 0 Å². The van der Waals surface area contributed by atoms with Crippen molar-refractivity contribution in [3.63, 3.8) is 0 Å². The second-order valence-electron chi connectivity index (χ2n) is 3.68. The van der Waals surface area contributed by atoms with E-state index in [9.17, 15) is 0 Å². The first kappa shape index (κ1) is 8.57. The number of hydrogen-bond acceptors (Lipinski definition) is 3. The Bertz CT molecular complexity index is 183. The highest BCUT2D eigenvalue weighted by atomic mass is 32.2. The Labute approximate surface area is 78.0 Å². The van der Waals surface area contributed by atoms with Gasteiger partial charge >= 0.3 is 0 Å². The van der Waals surface area contributed by atoms with Crippen molar-refractivity contribution < 1.29 is 0 Å². The van der Waals surface area contributed by atoms with Crippen molar-refractivity contribution in [2.45, 2.75) is 31.7 Å². The molecule has 0 spiro atoms. The summed E-state index contributed by atoms with van der Waals surface area (Å²) in [5.74, 6) is 1.97. The van der Waals surface area contributed by atoms with E-state index < -0.39 is 0 Å². The maximum Gasteiger partial charge on any atom is 0.0707 e. The summed E-state index contributed by atoms with van der Waals surface area (Å²) >= 11 is 1.96. The molecule has 0 radical (unpaired) electrons. The lowest BCUT2D eigenvalue weighted by molar-refractivity contribution is 0.394. The molecule has 1 aliphatic heterocycles. The van der Waals surface area contributed by atoms with E-state index >= 15 is 0 Å². The van der Waals surface area contributed by atoms with Gasteiger partial charge < -0.3 is 5.73 Å². The van der Waals surface area contributed by atoms with Gasteiger partial charge in [0.15, 0.2) is 0 Å². The monoisotopic (exact) mass is 184 g/mol. The zero-order valence-corrected chi connectivity index (χ0v) is 8.15. The Morgan fingerprint density at radius 2 is 2.00 bits per heavy atom. The van der Waals surface area contributed by atoms with E-state index in [1.807, 2.05) is 11.8 Å². The van der Waals surface area contributed by atoms with Crippen LogP contribution in [0.15, 0.2) is 4.99 Å². The summed E-state index contributed by atoms with van der Waals surface area (Å²) in [4.78, 5) is 4.52. The molecule has 0 bridgehead atoms. The van der Waals surface area contributed by atoms with Crippen LogP contribution in [0.1, 0.15) is 25.7 Å². The highest BCUT2D eigenvalue weighted by molar-refractivity contribution is 8.14. The van der Waals surface area contributed by atoms with Crippen LogP contribution >= 0.6 is 11.8 Å². The predicted molar refractivity (Wildman–Crippen MR) is 54.7 cm³/mol. The molecule has 2 N–H and O–H groups in total. The summed E-state index contributed by atoms with van der Waals surface area (Å²) < 4.78 is 0. The first-order valence-corrected chi connectivity index (χ1v) is 5.77. The molecule has 3 heteroatoms. The third kappa shape index (κ3) is 1.83. The molecule has 68 valence electrons. The molecule has 12 heavy (non-hydrogen) atoms. The van der Waals surface area contributed by atoms with Gasteiger partial charge in [-0.15, -0.1) is 11.8 Å². The van der Waals surface area contributed by atoms with Crippen LogP contribution in [0.25, 0.3) is 0 Å². The molecule has 0 saturated heterocycles. The van der Waals surface area contributed by atoms with Gasteiger partial charge in [-0.1, -0.05) is 0 Å². The average molecular weight is 184 g/mol. The molecular formula is C9H16N2S. The van der Waals surface area contributed by atoms with Gasteiger partial charge in [0, 0.05) is 24.3 Å². The third-order valence-corrected chi connectivity index (χ3v) is 3.87. The molecule has 1 saturated carbocycles. The van der Waals surface area contributed by atoms with E-state index in [0.717, 1.165) is 12.5 Å². The largest absolute Gasteiger partial charge is 0.328 e. The fourth-order valence-electron chi connectivity index (χ4n) is 1.96. The number of hydrogen-bond donors (Lipinski definition) is 1. The fourth-order valence-corrected chi connectivity index (χ4v) is 3.01. The number of nitrogens with two attached hydrogens (primary N) is 1. The van der Waals surface area contributed by atoms with Gasteiger partial charge in [0.1, 0.15) is 0 Å². The quantitative estimate of drug-likeness (QED) is 0.673. The SMILES string of the molecule is NC1CCC(C2=NCCS2)CC1. The second kappa shape index (κ2) is 3.79. The molecule has 0 atom stereocenters. The van der Waals surface area contributed by atoms with Crippen molar-refractivity contribution in [1.29, 1.82) is 0 Å². The molecule has 1 aliphatic carbocycles. The summed E-state index contributed by atoms with van der Waals surface area (Å²) in [6, 6.07) is 0.466. The lowest BCUT2D eigenvalue weighted by Gasteiger charge is -2.25. The molecule has 1 heterocycles. The summed E-state index contributed by atoms with van der Waals surface area (Å²) in [5, 5.41) is 1.42. The highest BCUT2D eigenvalue weighted by Gasteiger charge is 2.24. The molecule has 0 unspecified atom stereocenters. The normalized spacial score (nSPS) is 36.6. The van der Waals surface area contributed by atoms with E-state index in [4.69, 9.17) is 5.73 Å². The Morgan fingerprint density at radius 3 is 2.58 bits per heavy atom. The van der Waals surface area contributed by atoms with Crippen molar-refractivity contribution in [3.05, 3.63) is 0 Å². The third-order valence-electron chi connectivity index (χ3n) is 2.73. The van der Waals surface area contributed by atoms with Crippen LogP contribution in [-0.4, -0.2) is 23.4 Å². The van der Waals surface area contributed by atoms with Crippen LogP contribution in [0, 0.1) is 5.92 Å². The van der Waals surface area contributed by atoms with Gasteiger partial charge in [0.2, 0.25) is 0 Å². The molecular weight excluding hydrogens is 168 g/mol. The summed E-state index contributed by atoms with van der Waals surface area (Å²) in [7, 11) is 0. The smallest absolute Gasteiger partial charge is 0.0707 e. The minimum Gasteiger partial charge on any atom is -0.328 e. The maximum atomic E-state index is 5.85. The van der Waals surface area contributed by atoms with Crippen LogP contribution in [0.4, 0.5) is 0 Å². The van der Waals surface area contributed by atoms with Crippen LogP contribution in [0.3, 0.4) is 0 Å². The van der Waals surface area contributed by atoms with E-state index in [-0.39, 0.29) is 0 Å². The zero-order chi connectivity index (χ0) is 8.39. The molecule has 0 aromatic carbocycles. The van der Waals surface area contributed by atoms with Gasteiger partial charge in [-0.05, 0) is 25.7 Å². The summed E-state index contributed by atoms with van der Waals surface area (Å²) in [6.07, 6.45) is 4.94. The van der Waals surface area contributed by atoms with Crippen molar-refractivity contribution in [1.82, 2.24) is 0 Å². The van der Waals surface area contributed by atoms with E-state index in [2.05, 4.69) is 4.99 Å². The Balaban J connectivity index is 1.88. The lowest BCUT2D eigenvalue weighted by atomic mass is 9.87. The summed E-state index contributed by atoms with van der Waals surface area (Å²) in [6.45, 7) is 1.04. The number of rotatable bonds is 1. The second-order valence-corrected chi connectivity index (χ2v) is 4.80. The zero-order valence-electron chi connectivity index (χ0n) is 7.33. The first-order valence-electron chi connectivity index (χ1n) is 4.79. The Hall–Kier alpha value is -0.0200. The maximum absolute atomic E-state index is 5.85. The van der Waals surface area contributed by atoms with E-state index in [1.54, 1.807) is 0 Å². The standard InChI is InChI=1S/C9H16N2S/c10-8-3-1-7(2-4-8)9-11-5-6-12-9/h7-8H,1-6,10H2. The number of nitrogens with zero attached hydrogens (tertiary/aromatic N) is 1.